The second-order valence-electron chi connectivity index (χ2n) is 8.36. The monoisotopic (exact) mass is 487 g/mol. The normalized spacial score (nSPS) is 13.6. The molecule has 35 heavy (non-hydrogen) atoms. The SMILES string of the molecule is C=CCn1cc(C(O)(c2ccc([NH2+]C(=O)NC(CC)CC)c(C=N)c2)C(F)(F)F)c2ccccc21. The van der Waals surface area contributed by atoms with Crippen LogP contribution in [0.2, 0.25) is 0 Å². The van der Waals surface area contributed by atoms with Gasteiger partial charge in [0.15, 0.2) is 0 Å². The number of amides is 2. The van der Waals surface area contributed by atoms with E-state index in [2.05, 4.69) is 11.9 Å². The number of nitrogens with one attached hydrogen (secondary N) is 2. The van der Waals surface area contributed by atoms with E-state index in [1.165, 1.54) is 23.6 Å². The average molecular weight is 488 g/mol. The molecule has 3 rings (SSSR count). The molecule has 0 spiro atoms. The molecule has 0 aliphatic heterocycles. The van der Waals surface area contributed by atoms with Crippen LogP contribution in [0.3, 0.4) is 0 Å². The van der Waals surface area contributed by atoms with Gasteiger partial charge in [0, 0.05) is 47.5 Å². The van der Waals surface area contributed by atoms with E-state index in [-0.39, 0.29) is 34.8 Å². The fourth-order valence-corrected chi connectivity index (χ4v) is 4.23. The molecule has 9 heteroatoms. The molecular formula is C26H30F3N4O2+. The molecule has 3 aromatic rings. The first-order valence-electron chi connectivity index (χ1n) is 11.4. The second-order valence-corrected chi connectivity index (χ2v) is 8.36. The number of hydrogen-bond acceptors (Lipinski definition) is 3. The summed E-state index contributed by atoms with van der Waals surface area (Å²) in [7, 11) is 0. The predicted molar refractivity (Wildman–Crippen MR) is 130 cm³/mol. The van der Waals surface area contributed by atoms with Crippen LogP contribution in [0, 0.1) is 5.41 Å². The van der Waals surface area contributed by atoms with Gasteiger partial charge in [0.05, 0.1) is 5.56 Å². The lowest BCUT2D eigenvalue weighted by Crippen LogP contribution is -2.86. The summed E-state index contributed by atoms with van der Waals surface area (Å²) in [5, 5.41) is 23.4. The van der Waals surface area contributed by atoms with E-state index in [0.29, 0.717) is 5.52 Å². The zero-order valence-corrected chi connectivity index (χ0v) is 19.7. The highest BCUT2D eigenvalue weighted by atomic mass is 19.4. The van der Waals surface area contributed by atoms with Crippen LogP contribution in [0.15, 0.2) is 61.3 Å². The van der Waals surface area contributed by atoms with Gasteiger partial charge in [-0.05, 0) is 36.6 Å². The summed E-state index contributed by atoms with van der Waals surface area (Å²) in [6.45, 7) is 7.80. The van der Waals surface area contributed by atoms with Crippen molar-refractivity contribution in [1.29, 1.82) is 5.41 Å². The summed E-state index contributed by atoms with van der Waals surface area (Å²) in [5.74, 6) is 0. The van der Waals surface area contributed by atoms with Crippen molar-refractivity contribution in [3.05, 3.63) is 78.0 Å². The Labute approximate surface area is 202 Å². The summed E-state index contributed by atoms with van der Waals surface area (Å²) < 4.78 is 45.3. The van der Waals surface area contributed by atoms with Gasteiger partial charge in [0.25, 0.3) is 0 Å². The van der Waals surface area contributed by atoms with Crippen LogP contribution >= 0.6 is 0 Å². The molecule has 2 aromatic carbocycles. The van der Waals surface area contributed by atoms with Crippen molar-refractivity contribution in [2.45, 2.75) is 51.1 Å². The van der Waals surface area contributed by atoms with E-state index in [1.807, 2.05) is 13.8 Å². The predicted octanol–water partition coefficient (Wildman–Crippen LogP) is 4.72. The number of aromatic nitrogens is 1. The number of quaternary nitrogens is 1. The number of aliphatic hydroxyl groups is 1. The number of carbonyl (C=O) groups excluding carboxylic acids is 1. The quantitative estimate of drug-likeness (QED) is 0.200. The number of benzene rings is 2. The molecule has 1 unspecified atom stereocenters. The van der Waals surface area contributed by atoms with Gasteiger partial charge in [0.2, 0.25) is 5.60 Å². The maximum absolute atomic E-state index is 14.6. The van der Waals surface area contributed by atoms with Crippen molar-refractivity contribution < 1.29 is 28.4 Å². The fourth-order valence-electron chi connectivity index (χ4n) is 4.23. The van der Waals surface area contributed by atoms with Gasteiger partial charge < -0.3 is 20.4 Å². The minimum atomic E-state index is -5.06. The van der Waals surface area contributed by atoms with Crippen molar-refractivity contribution in [2.75, 3.05) is 0 Å². The Bertz CT molecular complexity index is 1230. The van der Waals surface area contributed by atoms with Crippen molar-refractivity contribution in [1.82, 2.24) is 9.88 Å². The smallest absolute Gasteiger partial charge is 0.372 e. The van der Waals surface area contributed by atoms with Crippen molar-refractivity contribution in [3.63, 3.8) is 0 Å². The molecule has 186 valence electrons. The molecule has 0 saturated carbocycles. The number of nitrogens with two attached hydrogens (primary N) is 1. The molecule has 1 aromatic heterocycles. The number of hydrogen-bond donors (Lipinski definition) is 4. The molecular weight excluding hydrogens is 457 g/mol. The average Bonchev–Trinajstić information content (AvgIpc) is 3.20. The van der Waals surface area contributed by atoms with Crippen LogP contribution in [0.4, 0.5) is 23.7 Å². The minimum absolute atomic E-state index is 0.0235. The van der Waals surface area contributed by atoms with Gasteiger partial charge in [-0.25, -0.2) is 10.1 Å². The van der Waals surface area contributed by atoms with Crippen LogP contribution in [-0.4, -0.2) is 34.1 Å². The van der Waals surface area contributed by atoms with E-state index in [1.54, 1.807) is 28.8 Å². The number of primary amides is 1. The Morgan fingerprint density at radius 2 is 1.91 bits per heavy atom. The molecule has 0 aliphatic rings. The maximum Gasteiger partial charge on any atom is 0.425 e. The highest BCUT2D eigenvalue weighted by molar-refractivity contribution is 5.87. The molecule has 0 fully saturated rings. The first-order valence-corrected chi connectivity index (χ1v) is 11.4. The largest absolute Gasteiger partial charge is 0.425 e. The molecule has 1 heterocycles. The number of nitrogens with zero attached hydrogens (tertiary/aromatic N) is 1. The molecule has 2 amide bonds. The van der Waals surface area contributed by atoms with Gasteiger partial charge in [-0.3, -0.25) is 0 Å². The number of fused-ring (bicyclic) bond motifs is 1. The van der Waals surface area contributed by atoms with Gasteiger partial charge >= 0.3 is 12.2 Å². The molecule has 0 bridgehead atoms. The van der Waals surface area contributed by atoms with Gasteiger partial charge in [-0.15, -0.1) is 6.58 Å². The molecule has 0 radical (unpaired) electrons. The lowest BCUT2D eigenvalue weighted by atomic mass is 9.84. The standard InChI is InChI=1S/C26H29F3N4O2/c1-4-13-33-16-21(20-9-7-8-10-23(20)33)25(35,26(27,28)29)18-11-12-22(17(14-18)15-30)32-24(34)31-19(5-2)6-3/h4,7-12,14-16,19,30,35H,1,5-6,13H2,2-3H3,(H2,31,32,34)/p+1. The van der Waals surface area contributed by atoms with Crippen LogP contribution < -0.4 is 10.6 Å². The van der Waals surface area contributed by atoms with Crippen LogP contribution in [0.25, 0.3) is 10.9 Å². The number of halogens is 3. The van der Waals surface area contributed by atoms with Gasteiger partial charge in [0.1, 0.15) is 5.69 Å². The second kappa shape index (κ2) is 10.5. The van der Waals surface area contributed by atoms with E-state index in [4.69, 9.17) is 5.41 Å². The van der Waals surface area contributed by atoms with Crippen molar-refractivity contribution in [3.8, 4) is 0 Å². The Kier molecular flexibility index (Phi) is 7.82. The van der Waals surface area contributed by atoms with Gasteiger partial charge in [-0.2, -0.15) is 13.2 Å². The van der Waals surface area contributed by atoms with Crippen LogP contribution in [-0.2, 0) is 12.1 Å². The van der Waals surface area contributed by atoms with Crippen LogP contribution in [0.1, 0.15) is 43.4 Å². The zero-order chi connectivity index (χ0) is 25.8. The van der Waals surface area contributed by atoms with E-state index in [9.17, 15) is 23.1 Å². The molecule has 0 saturated heterocycles. The molecule has 6 nitrogen and oxygen atoms in total. The molecule has 0 aliphatic carbocycles. The number of carbonyl (C=O) groups is 1. The first kappa shape index (κ1) is 26.2. The third-order valence-electron chi connectivity index (χ3n) is 6.19. The third kappa shape index (κ3) is 5.01. The van der Waals surface area contributed by atoms with E-state index >= 15 is 0 Å². The van der Waals surface area contributed by atoms with E-state index in [0.717, 1.165) is 31.2 Å². The lowest BCUT2D eigenvalue weighted by Gasteiger charge is -2.31. The number of alkyl halides is 3. The van der Waals surface area contributed by atoms with Crippen LogP contribution in [0.5, 0.6) is 0 Å². The molecule has 5 N–H and O–H groups in total. The fraction of sp³-hybridized carbons (Fsp3) is 0.308. The Morgan fingerprint density at radius 1 is 1.23 bits per heavy atom. The number of para-hydroxylation sites is 1. The van der Waals surface area contributed by atoms with E-state index < -0.39 is 23.4 Å². The number of urea groups is 1. The lowest BCUT2D eigenvalue weighted by molar-refractivity contribution is -0.465. The number of rotatable bonds is 9. The third-order valence-corrected chi connectivity index (χ3v) is 6.19. The maximum atomic E-state index is 14.6. The van der Waals surface area contributed by atoms with Gasteiger partial charge in [-0.1, -0.05) is 38.1 Å². The Morgan fingerprint density at radius 3 is 2.51 bits per heavy atom. The Balaban J connectivity index is 2.11. The Hall–Kier alpha value is -3.43. The van der Waals surface area contributed by atoms with Crippen molar-refractivity contribution >= 4 is 28.8 Å². The number of allylic oxidation sites excluding steroid dienone is 1. The summed E-state index contributed by atoms with van der Waals surface area (Å²) in [6.07, 6.45) is 0.139. The zero-order valence-electron chi connectivity index (χ0n) is 19.7. The first-order chi connectivity index (χ1) is 16.6. The summed E-state index contributed by atoms with van der Waals surface area (Å²) in [6, 6.07) is 9.69. The van der Waals surface area contributed by atoms with Crippen molar-refractivity contribution in [2.24, 2.45) is 0 Å². The minimum Gasteiger partial charge on any atom is -0.372 e. The highest BCUT2D eigenvalue weighted by Crippen LogP contribution is 2.47. The topological polar surface area (TPSA) is 94.7 Å². The summed E-state index contributed by atoms with van der Waals surface area (Å²) in [4.78, 5) is 12.4. The molecule has 1 atom stereocenters. The highest BCUT2D eigenvalue weighted by Gasteiger charge is 2.57. The summed E-state index contributed by atoms with van der Waals surface area (Å²) >= 11 is 0. The summed E-state index contributed by atoms with van der Waals surface area (Å²) in [5.41, 5.74) is -3.21.